The predicted octanol–water partition coefficient (Wildman–Crippen LogP) is 7.50. The van der Waals surface area contributed by atoms with Crippen LogP contribution in [0.5, 0.6) is 11.5 Å². The quantitative estimate of drug-likeness (QED) is 0.172. The van der Waals surface area contributed by atoms with Crippen molar-refractivity contribution in [3.05, 3.63) is 95.3 Å². The molecule has 0 unspecified atom stereocenters. The molecule has 6 nitrogen and oxygen atoms in total. The third-order valence-electron chi connectivity index (χ3n) is 5.53. The highest BCUT2D eigenvalue weighted by molar-refractivity contribution is 9.11. The molecule has 1 heterocycles. The summed E-state index contributed by atoms with van der Waals surface area (Å²) in [5.41, 5.74) is 2.24. The van der Waals surface area contributed by atoms with Crippen molar-refractivity contribution < 1.29 is 9.47 Å². The Morgan fingerprint density at radius 2 is 1.75 bits per heavy atom. The van der Waals surface area contributed by atoms with Crippen molar-refractivity contribution in [3.8, 4) is 11.5 Å². The molecule has 0 fully saturated rings. The molecule has 3 aromatic carbocycles. The molecule has 0 saturated heterocycles. The molecule has 0 bridgehead atoms. The third kappa shape index (κ3) is 6.25. The van der Waals surface area contributed by atoms with Crippen LogP contribution in [-0.4, -0.2) is 23.0 Å². The zero-order valence-electron chi connectivity index (χ0n) is 19.8. The molecule has 0 N–H and O–H groups in total. The highest BCUT2D eigenvalue weighted by Crippen LogP contribution is 2.33. The van der Waals surface area contributed by atoms with Crippen LogP contribution < -0.4 is 15.0 Å². The first-order valence-electron chi connectivity index (χ1n) is 11.4. The summed E-state index contributed by atoms with van der Waals surface area (Å²) in [7, 11) is 1.59. The lowest BCUT2D eigenvalue weighted by Crippen LogP contribution is -2.22. The smallest absolute Gasteiger partial charge is 0.282 e. The lowest BCUT2D eigenvalue weighted by molar-refractivity contribution is 0.284. The Morgan fingerprint density at radius 1 is 1.00 bits per heavy atom. The van der Waals surface area contributed by atoms with E-state index in [9.17, 15) is 4.79 Å². The number of benzene rings is 3. The Bertz CT molecular complexity index is 1470. The Hall–Kier alpha value is -2.49. The summed E-state index contributed by atoms with van der Waals surface area (Å²) < 4.78 is 15.6. The highest BCUT2D eigenvalue weighted by atomic mass is 79.9. The number of unbranched alkanes of at least 4 members (excludes halogenated alkanes) is 1. The summed E-state index contributed by atoms with van der Waals surface area (Å²) in [6.45, 7) is 2.51. The zero-order chi connectivity index (χ0) is 25.7. The summed E-state index contributed by atoms with van der Waals surface area (Å²) in [5.74, 6) is 1.80. The summed E-state index contributed by atoms with van der Waals surface area (Å²) in [6.07, 6.45) is 4.18. The van der Waals surface area contributed by atoms with Crippen molar-refractivity contribution in [1.82, 2.24) is 9.66 Å². The maximum atomic E-state index is 13.3. The average molecular weight is 678 g/mol. The van der Waals surface area contributed by atoms with Crippen LogP contribution in [0.4, 0.5) is 0 Å². The molecule has 0 radical (unpaired) electrons. The van der Waals surface area contributed by atoms with Crippen molar-refractivity contribution in [1.29, 1.82) is 0 Å². The van der Waals surface area contributed by atoms with Gasteiger partial charge >= 0.3 is 0 Å². The van der Waals surface area contributed by atoms with Crippen molar-refractivity contribution >= 4 is 64.9 Å². The van der Waals surface area contributed by atoms with E-state index >= 15 is 0 Å². The number of nitrogens with zero attached hydrogens (tertiary/aromatic N) is 3. The number of halogens is 3. The molecule has 0 atom stereocenters. The Kier molecular flexibility index (Phi) is 8.98. The van der Waals surface area contributed by atoms with E-state index < -0.39 is 0 Å². The van der Waals surface area contributed by atoms with Gasteiger partial charge in [-0.05, 0) is 70.4 Å². The van der Waals surface area contributed by atoms with E-state index in [1.54, 1.807) is 19.4 Å². The van der Waals surface area contributed by atoms with Gasteiger partial charge in [0.2, 0.25) is 0 Å². The van der Waals surface area contributed by atoms with Gasteiger partial charge in [-0.25, -0.2) is 4.98 Å². The molecule has 0 saturated carbocycles. The van der Waals surface area contributed by atoms with Crippen LogP contribution in [0.25, 0.3) is 10.9 Å². The SMILES string of the molecule is CCCCc1nc2ccc(Br)cc2c(=O)n1N=Cc1cc(OC)c(OCc2ccc(Br)cc2)cc1Br. The summed E-state index contributed by atoms with van der Waals surface area (Å²) in [5, 5.41) is 5.06. The van der Waals surface area contributed by atoms with Gasteiger partial charge in [0.05, 0.1) is 24.2 Å². The fourth-order valence-electron chi connectivity index (χ4n) is 3.59. The molecule has 186 valence electrons. The maximum absolute atomic E-state index is 13.3. The monoisotopic (exact) mass is 675 g/mol. The van der Waals surface area contributed by atoms with Crippen molar-refractivity contribution in [2.75, 3.05) is 7.11 Å². The Morgan fingerprint density at radius 3 is 2.47 bits per heavy atom. The first-order valence-corrected chi connectivity index (χ1v) is 13.8. The fourth-order valence-corrected chi connectivity index (χ4v) is 4.64. The summed E-state index contributed by atoms with van der Waals surface area (Å²) in [4.78, 5) is 18.0. The van der Waals surface area contributed by atoms with E-state index in [1.807, 2.05) is 48.5 Å². The predicted molar refractivity (Wildman–Crippen MR) is 154 cm³/mol. The second-order valence-electron chi connectivity index (χ2n) is 8.09. The summed E-state index contributed by atoms with van der Waals surface area (Å²) in [6, 6.07) is 17.1. The number of aryl methyl sites for hydroxylation is 1. The molecule has 0 aliphatic carbocycles. The van der Waals surface area contributed by atoms with Gasteiger partial charge in [0.25, 0.3) is 5.56 Å². The number of ether oxygens (including phenoxy) is 2. The van der Waals surface area contributed by atoms with E-state index in [1.165, 1.54) is 4.68 Å². The van der Waals surface area contributed by atoms with Gasteiger partial charge in [-0.15, -0.1) is 0 Å². The minimum atomic E-state index is -0.207. The molecule has 0 aliphatic rings. The molecular formula is C27H24Br3N3O3. The van der Waals surface area contributed by atoms with Gasteiger partial charge in [0.15, 0.2) is 11.5 Å². The zero-order valence-corrected chi connectivity index (χ0v) is 24.6. The fraction of sp³-hybridized carbons (Fsp3) is 0.222. The molecule has 4 aromatic rings. The molecule has 36 heavy (non-hydrogen) atoms. The number of hydrogen-bond acceptors (Lipinski definition) is 5. The molecule has 4 rings (SSSR count). The largest absolute Gasteiger partial charge is 0.493 e. The molecule has 9 heteroatoms. The van der Waals surface area contributed by atoms with E-state index in [2.05, 4.69) is 59.8 Å². The highest BCUT2D eigenvalue weighted by Gasteiger charge is 2.13. The molecular weight excluding hydrogens is 654 g/mol. The van der Waals surface area contributed by atoms with Crippen molar-refractivity contribution in [2.45, 2.75) is 32.8 Å². The molecule has 0 spiro atoms. The number of rotatable bonds is 9. The second kappa shape index (κ2) is 12.2. The van der Waals surface area contributed by atoms with Crippen molar-refractivity contribution in [3.63, 3.8) is 0 Å². The first-order chi connectivity index (χ1) is 17.4. The van der Waals surface area contributed by atoms with E-state index in [0.29, 0.717) is 41.3 Å². The Labute approximate surface area is 234 Å². The topological polar surface area (TPSA) is 65.7 Å². The van der Waals surface area contributed by atoms with Crippen molar-refractivity contribution in [2.24, 2.45) is 5.10 Å². The maximum Gasteiger partial charge on any atom is 0.282 e. The third-order valence-corrected chi connectivity index (χ3v) is 7.24. The Balaban J connectivity index is 1.67. The van der Waals surface area contributed by atoms with Crippen LogP contribution in [0.3, 0.4) is 0 Å². The van der Waals surface area contributed by atoms with Crippen LogP contribution in [-0.2, 0) is 13.0 Å². The van der Waals surface area contributed by atoms with Gasteiger partial charge in [-0.1, -0.05) is 57.3 Å². The van der Waals surface area contributed by atoms with Crippen LogP contribution in [0, 0.1) is 0 Å². The van der Waals surface area contributed by atoms with Crippen LogP contribution in [0.1, 0.15) is 36.7 Å². The van der Waals surface area contributed by atoms with Crippen LogP contribution in [0.15, 0.2) is 77.9 Å². The molecule has 0 amide bonds. The van der Waals surface area contributed by atoms with Gasteiger partial charge in [-0.3, -0.25) is 4.79 Å². The van der Waals surface area contributed by atoms with Gasteiger partial charge in [0, 0.05) is 25.4 Å². The van der Waals surface area contributed by atoms with Gasteiger partial charge in [0.1, 0.15) is 12.4 Å². The van der Waals surface area contributed by atoms with E-state index in [-0.39, 0.29) is 5.56 Å². The number of aromatic nitrogens is 2. The summed E-state index contributed by atoms with van der Waals surface area (Å²) >= 11 is 10.5. The number of hydrogen-bond donors (Lipinski definition) is 0. The standard InChI is InChI=1S/C27H24Br3N3O3/c1-3-4-5-26-32-23-11-10-20(29)13-21(23)27(34)33(26)31-15-18-12-24(35-2)25(14-22(18)30)36-16-17-6-8-19(28)9-7-17/h6-15H,3-5,16H2,1-2H3. The minimum Gasteiger partial charge on any atom is -0.493 e. The molecule has 1 aromatic heterocycles. The second-order valence-corrected chi connectivity index (χ2v) is 10.8. The normalized spacial score (nSPS) is 11.4. The van der Waals surface area contributed by atoms with Crippen LogP contribution in [0.2, 0.25) is 0 Å². The van der Waals surface area contributed by atoms with E-state index in [4.69, 9.17) is 14.5 Å². The minimum absolute atomic E-state index is 0.207. The number of methoxy groups -OCH3 is 1. The lowest BCUT2D eigenvalue weighted by atomic mass is 10.2. The average Bonchev–Trinajstić information content (AvgIpc) is 2.88. The number of fused-ring (bicyclic) bond motifs is 1. The molecule has 0 aliphatic heterocycles. The lowest BCUT2D eigenvalue weighted by Gasteiger charge is -2.13. The van der Waals surface area contributed by atoms with Crippen LogP contribution >= 0.6 is 47.8 Å². The first kappa shape index (κ1) is 26.6. The van der Waals surface area contributed by atoms with E-state index in [0.717, 1.165) is 37.4 Å². The van der Waals surface area contributed by atoms with Gasteiger partial charge in [-0.2, -0.15) is 9.78 Å². The van der Waals surface area contributed by atoms with Gasteiger partial charge < -0.3 is 9.47 Å².